The number of amides is 2. The molecule has 156 valence electrons. The molecule has 5 heterocycles. The minimum Gasteiger partial charge on any atom is -0.338 e. The molecule has 2 unspecified atom stereocenters. The van der Waals surface area contributed by atoms with Gasteiger partial charge in [-0.05, 0) is 48.7 Å². The molecule has 1 saturated heterocycles. The van der Waals surface area contributed by atoms with Crippen LogP contribution in [0.25, 0.3) is 0 Å². The van der Waals surface area contributed by atoms with Crippen molar-refractivity contribution in [3.8, 4) is 0 Å². The maximum Gasteiger partial charge on any atom is 0.274 e. The molecule has 2 amide bonds. The highest BCUT2D eigenvalue weighted by Gasteiger charge is 2.37. The van der Waals surface area contributed by atoms with Crippen LogP contribution in [0.3, 0.4) is 0 Å². The van der Waals surface area contributed by atoms with E-state index >= 15 is 0 Å². The molecule has 8 nitrogen and oxygen atoms in total. The lowest BCUT2D eigenvalue weighted by atomic mass is 9.83. The van der Waals surface area contributed by atoms with E-state index in [4.69, 9.17) is 0 Å². The van der Waals surface area contributed by atoms with Crippen molar-refractivity contribution in [1.82, 2.24) is 19.4 Å². The third kappa shape index (κ3) is 3.61. The monoisotopic (exact) mass is 415 g/mol. The van der Waals surface area contributed by atoms with E-state index in [0.717, 1.165) is 12.1 Å². The number of fused-ring (bicyclic) bond motifs is 4. The molecule has 2 atom stereocenters. The summed E-state index contributed by atoms with van der Waals surface area (Å²) in [6.45, 7) is 1.69. The van der Waals surface area contributed by atoms with E-state index in [1.807, 2.05) is 11.0 Å². The van der Waals surface area contributed by atoms with Crippen LogP contribution in [-0.2, 0) is 6.54 Å². The van der Waals surface area contributed by atoms with Gasteiger partial charge >= 0.3 is 0 Å². The number of pyridine rings is 3. The molecule has 1 N–H and O–H groups in total. The van der Waals surface area contributed by atoms with E-state index < -0.39 is 0 Å². The number of hydrogen-bond donors (Lipinski definition) is 1. The third-order valence-electron chi connectivity index (χ3n) is 5.99. The summed E-state index contributed by atoms with van der Waals surface area (Å²) in [6.07, 6.45) is 7.25. The normalized spacial score (nSPS) is 19.4. The quantitative estimate of drug-likeness (QED) is 0.707. The number of carbonyl (C=O) groups is 2. The van der Waals surface area contributed by atoms with E-state index in [-0.39, 0.29) is 34.9 Å². The van der Waals surface area contributed by atoms with Crippen LogP contribution in [0, 0.1) is 5.92 Å². The molecule has 8 heteroatoms. The van der Waals surface area contributed by atoms with E-state index in [1.165, 1.54) is 12.4 Å². The molecule has 3 aromatic rings. The topological polar surface area (TPSA) is 97.2 Å². The molecule has 2 aliphatic rings. The van der Waals surface area contributed by atoms with Crippen LogP contribution in [0.1, 0.15) is 38.7 Å². The van der Waals surface area contributed by atoms with Gasteiger partial charge in [0.25, 0.3) is 17.4 Å². The summed E-state index contributed by atoms with van der Waals surface area (Å²) in [5.41, 5.74) is 1.98. The van der Waals surface area contributed by atoms with Crippen LogP contribution >= 0.6 is 0 Å². The number of nitrogens with zero attached hydrogens (tertiary/aromatic N) is 4. The number of aromatic nitrogens is 3. The van der Waals surface area contributed by atoms with Crippen molar-refractivity contribution in [2.45, 2.75) is 18.9 Å². The molecule has 0 saturated carbocycles. The first-order valence-electron chi connectivity index (χ1n) is 10.2. The van der Waals surface area contributed by atoms with Crippen molar-refractivity contribution < 1.29 is 9.59 Å². The first kappa shape index (κ1) is 19.2. The Kier molecular flexibility index (Phi) is 4.82. The van der Waals surface area contributed by atoms with Crippen molar-refractivity contribution in [3.63, 3.8) is 0 Å². The molecule has 0 radical (unpaired) electrons. The van der Waals surface area contributed by atoms with Crippen LogP contribution in [0.15, 0.2) is 66.0 Å². The SMILES string of the molecule is O=C(Nc1ccc2n(c1=O)CC1CC2CN(C(=O)c2cccnc2)C1)c1ccncc1. The molecule has 1 fully saturated rings. The van der Waals surface area contributed by atoms with Gasteiger partial charge in [-0.1, -0.05) is 0 Å². The maximum absolute atomic E-state index is 13.1. The molecule has 2 bridgehead atoms. The molecule has 0 aromatic carbocycles. The second kappa shape index (κ2) is 7.79. The summed E-state index contributed by atoms with van der Waals surface area (Å²) in [7, 11) is 0. The van der Waals surface area contributed by atoms with Crippen molar-refractivity contribution in [2.75, 3.05) is 18.4 Å². The third-order valence-corrected chi connectivity index (χ3v) is 5.99. The summed E-state index contributed by atoms with van der Waals surface area (Å²) < 4.78 is 1.76. The summed E-state index contributed by atoms with van der Waals surface area (Å²) in [6, 6.07) is 10.3. The zero-order valence-electron chi connectivity index (χ0n) is 16.8. The van der Waals surface area contributed by atoms with E-state index in [1.54, 1.807) is 47.3 Å². The number of anilines is 1. The fourth-order valence-electron chi connectivity index (χ4n) is 4.58. The van der Waals surface area contributed by atoms with Crippen LogP contribution in [0.4, 0.5) is 5.69 Å². The largest absolute Gasteiger partial charge is 0.338 e. The van der Waals surface area contributed by atoms with E-state index in [9.17, 15) is 14.4 Å². The van der Waals surface area contributed by atoms with Crippen LogP contribution in [-0.4, -0.2) is 44.3 Å². The standard InChI is InChI=1S/C23H21N5O3/c29-21(16-5-8-24-9-6-16)26-19-3-4-20-18-10-15(13-28(20)23(19)31)12-27(14-18)22(30)17-2-1-7-25-11-17/h1-9,11,15,18H,10,12-14H2,(H,26,29). The molecule has 3 aromatic heterocycles. The van der Waals surface area contributed by atoms with Gasteiger partial charge in [0.2, 0.25) is 0 Å². The van der Waals surface area contributed by atoms with Crippen LogP contribution < -0.4 is 10.9 Å². The highest BCUT2D eigenvalue weighted by molar-refractivity contribution is 6.04. The smallest absolute Gasteiger partial charge is 0.274 e. The Balaban J connectivity index is 1.39. The highest BCUT2D eigenvalue weighted by atomic mass is 16.2. The second-order valence-corrected chi connectivity index (χ2v) is 8.03. The van der Waals surface area contributed by atoms with Crippen LogP contribution in [0.2, 0.25) is 0 Å². The number of piperidine rings is 1. The van der Waals surface area contributed by atoms with Gasteiger partial charge in [-0.3, -0.25) is 24.4 Å². The van der Waals surface area contributed by atoms with E-state index in [2.05, 4.69) is 15.3 Å². The number of carbonyl (C=O) groups excluding carboxylic acids is 2. The lowest BCUT2D eigenvalue weighted by Crippen LogP contribution is -2.49. The molecular weight excluding hydrogens is 394 g/mol. The molecular formula is C23H21N5O3. The molecule has 31 heavy (non-hydrogen) atoms. The van der Waals surface area contributed by atoms with Gasteiger partial charge < -0.3 is 14.8 Å². The van der Waals surface area contributed by atoms with Gasteiger partial charge in [-0.25, -0.2) is 0 Å². The molecule has 5 rings (SSSR count). The second-order valence-electron chi connectivity index (χ2n) is 8.03. The van der Waals surface area contributed by atoms with Gasteiger partial charge in [0.15, 0.2) is 0 Å². The van der Waals surface area contributed by atoms with Crippen molar-refractivity contribution in [3.05, 3.63) is 88.4 Å². The Morgan fingerprint density at radius 2 is 1.77 bits per heavy atom. The average molecular weight is 415 g/mol. The summed E-state index contributed by atoms with van der Waals surface area (Å²) in [4.78, 5) is 48.2. The predicted molar refractivity (Wildman–Crippen MR) is 114 cm³/mol. The van der Waals surface area contributed by atoms with Crippen molar-refractivity contribution in [2.24, 2.45) is 5.92 Å². The van der Waals surface area contributed by atoms with Gasteiger partial charge in [-0.15, -0.1) is 0 Å². The Labute approximate surface area is 178 Å². The summed E-state index contributed by atoms with van der Waals surface area (Å²) >= 11 is 0. The number of rotatable bonds is 3. The van der Waals surface area contributed by atoms with Gasteiger partial charge in [0.1, 0.15) is 5.69 Å². The van der Waals surface area contributed by atoms with Gasteiger partial charge in [-0.2, -0.15) is 0 Å². The first-order valence-corrected chi connectivity index (χ1v) is 10.2. The average Bonchev–Trinajstić information content (AvgIpc) is 2.81. The lowest BCUT2D eigenvalue weighted by Gasteiger charge is -2.42. The number of nitrogens with one attached hydrogen (secondary N) is 1. The zero-order valence-corrected chi connectivity index (χ0v) is 16.8. The fraction of sp³-hybridized carbons (Fsp3) is 0.261. The minimum atomic E-state index is -0.343. The van der Waals surface area contributed by atoms with Gasteiger partial charge in [0.05, 0.1) is 5.56 Å². The molecule has 0 aliphatic carbocycles. The Hall–Kier alpha value is -3.81. The van der Waals surface area contributed by atoms with E-state index in [0.29, 0.717) is 30.8 Å². The van der Waals surface area contributed by atoms with Crippen molar-refractivity contribution >= 4 is 17.5 Å². The number of likely N-dealkylation sites (tertiary alicyclic amines) is 1. The summed E-state index contributed by atoms with van der Waals surface area (Å²) in [5, 5.41) is 2.72. The van der Waals surface area contributed by atoms with Crippen LogP contribution in [0.5, 0.6) is 0 Å². The fourth-order valence-corrected chi connectivity index (χ4v) is 4.58. The maximum atomic E-state index is 13.1. The molecule has 2 aliphatic heterocycles. The highest BCUT2D eigenvalue weighted by Crippen LogP contribution is 2.36. The Morgan fingerprint density at radius 1 is 0.935 bits per heavy atom. The zero-order chi connectivity index (χ0) is 21.4. The predicted octanol–water partition coefficient (Wildman–Crippen LogP) is 2.15. The van der Waals surface area contributed by atoms with Crippen molar-refractivity contribution in [1.29, 1.82) is 0 Å². The number of hydrogen-bond acceptors (Lipinski definition) is 5. The van der Waals surface area contributed by atoms with Gasteiger partial charge in [0, 0.05) is 61.6 Å². The molecule has 0 spiro atoms. The first-order chi connectivity index (χ1) is 15.1. The minimum absolute atomic E-state index is 0.0279. The Bertz CT molecular complexity index is 1190. The lowest BCUT2D eigenvalue weighted by molar-refractivity contribution is 0.0594. The summed E-state index contributed by atoms with van der Waals surface area (Å²) in [5.74, 6) is -0.0920. The Morgan fingerprint density at radius 3 is 2.55 bits per heavy atom.